The van der Waals surface area contributed by atoms with Crippen molar-refractivity contribution >= 4 is 35.6 Å². The van der Waals surface area contributed by atoms with E-state index in [-0.39, 0.29) is 11.7 Å². The van der Waals surface area contributed by atoms with E-state index in [1.165, 1.54) is 12.1 Å². The maximum absolute atomic E-state index is 13.5. The third-order valence-electron chi connectivity index (χ3n) is 5.25. The van der Waals surface area contributed by atoms with Gasteiger partial charge >= 0.3 is 0 Å². The third kappa shape index (κ3) is 3.47. The average molecular weight is 380 g/mol. The largest absolute Gasteiger partial charge is 0.368 e. The van der Waals surface area contributed by atoms with Crippen molar-refractivity contribution in [3.8, 4) is 0 Å². The minimum absolute atomic E-state index is 0.203. The molecule has 1 saturated heterocycles. The van der Waals surface area contributed by atoms with Crippen molar-refractivity contribution in [1.82, 2.24) is 4.90 Å². The number of piperazine rings is 1. The number of halogens is 1. The molecule has 0 bridgehead atoms. The summed E-state index contributed by atoms with van der Waals surface area (Å²) in [6.07, 6.45) is 2.46. The molecule has 0 saturated carbocycles. The average Bonchev–Trinajstić information content (AvgIpc) is 3.01. The lowest BCUT2D eigenvalue weighted by atomic mass is 10.0. The van der Waals surface area contributed by atoms with E-state index in [9.17, 15) is 14.0 Å². The van der Waals surface area contributed by atoms with Crippen LogP contribution in [0.4, 0.5) is 21.5 Å². The quantitative estimate of drug-likeness (QED) is 0.655. The number of aliphatic imine (C=N–C) groups is 1. The second kappa shape index (κ2) is 7.42. The van der Waals surface area contributed by atoms with Gasteiger partial charge in [-0.05, 0) is 54.4 Å². The number of anilines is 2. The Bertz CT molecular complexity index is 951. The van der Waals surface area contributed by atoms with Crippen LogP contribution in [0.3, 0.4) is 0 Å². The lowest BCUT2D eigenvalue weighted by Crippen LogP contribution is -2.45. The Balaban J connectivity index is 1.51. The van der Waals surface area contributed by atoms with Gasteiger partial charge in [0.2, 0.25) is 12.3 Å². The fourth-order valence-corrected chi connectivity index (χ4v) is 3.71. The van der Waals surface area contributed by atoms with Crippen LogP contribution >= 0.6 is 0 Å². The first kappa shape index (κ1) is 18.2. The summed E-state index contributed by atoms with van der Waals surface area (Å²) in [6.45, 7) is 5.05. The Morgan fingerprint density at radius 2 is 1.93 bits per heavy atom. The maximum Gasteiger partial charge on any atom is 0.237 e. The predicted octanol–water partition coefficient (Wildman–Crippen LogP) is 2.85. The number of amides is 2. The molecule has 4 rings (SSSR count). The van der Waals surface area contributed by atoms with E-state index in [2.05, 4.69) is 15.2 Å². The molecule has 0 spiro atoms. The number of carbonyl (C=O) groups is 2. The summed E-state index contributed by atoms with van der Waals surface area (Å²) in [4.78, 5) is 31.5. The number of nitrogens with zero attached hydrogens (tertiary/aromatic N) is 3. The summed E-state index contributed by atoms with van der Waals surface area (Å²) in [7, 11) is 0. The molecule has 2 aliphatic rings. The molecule has 6 nitrogen and oxygen atoms in total. The molecule has 0 aliphatic carbocycles. The Morgan fingerprint density at radius 3 is 2.64 bits per heavy atom. The summed E-state index contributed by atoms with van der Waals surface area (Å²) in [5.41, 5.74) is 4.18. The topological polar surface area (TPSA) is 65.0 Å². The van der Waals surface area contributed by atoms with E-state index >= 15 is 0 Å². The Morgan fingerprint density at radius 1 is 1.14 bits per heavy atom. The third-order valence-corrected chi connectivity index (χ3v) is 5.25. The van der Waals surface area contributed by atoms with Crippen LogP contribution in [-0.2, 0) is 9.59 Å². The molecule has 2 aromatic carbocycles. The molecule has 2 heterocycles. The summed E-state index contributed by atoms with van der Waals surface area (Å²) < 4.78 is 13.5. The van der Waals surface area contributed by atoms with E-state index in [0.717, 1.165) is 49.5 Å². The molecule has 144 valence electrons. The van der Waals surface area contributed by atoms with Crippen molar-refractivity contribution in [3.05, 3.63) is 53.3 Å². The van der Waals surface area contributed by atoms with Crippen LogP contribution in [0.25, 0.3) is 0 Å². The molecular formula is C21H21FN4O2. The minimum Gasteiger partial charge on any atom is -0.368 e. The monoisotopic (exact) mass is 380 g/mol. The van der Waals surface area contributed by atoms with E-state index in [1.54, 1.807) is 17.2 Å². The van der Waals surface area contributed by atoms with E-state index in [4.69, 9.17) is 0 Å². The summed E-state index contributed by atoms with van der Waals surface area (Å²) in [5, 5.41) is 2.75. The number of nitrogens with one attached hydrogen (secondary N) is 1. The molecule has 0 aromatic heterocycles. The highest BCUT2D eigenvalue weighted by molar-refractivity contribution is 6.12. The van der Waals surface area contributed by atoms with Gasteiger partial charge in [-0.3, -0.25) is 14.6 Å². The Hall–Kier alpha value is -3.22. The summed E-state index contributed by atoms with van der Waals surface area (Å²) in [6, 6.07) is 10.2. The molecule has 1 atom stereocenters. The first-order chi connectivity index (χ1) is 13.5. The minimum atomic E-state index is -0.595. The molecule has 2 aromatic rings. The van der Waals surface area contributed by atoms with Crippen LogP contribution in [0.5, 0.6) is 0 Å². The van der Waals surface area contributed by atoms with E-state index in [1.807, 2.05) is 25.1 Å². The van der Waals surface area contributed by atoms with Crippen molar-refractivity contribution in [2.45, 2.75) is 12.8 Å². The molecular weight excluding hydrogens is 359 g/mol. The number of rotatable bonds is 4. The normalized spacial score (nSPS) is 19.1. The van der Waals surface area contributed by atoms with Crippen LogP contribution < -0.4 is 10.2 Å². The number of hydrogen-bond acceptors (Lipinski definition) is 4. The van der Waals surface area contributed by atoms with Gasteiger partial charge in [-0.15, -0.1) is 0 Å². The van der Waals surface area contributed by atoms with Crippen molar-refractivity contribution in [2.75, 3.05) is 36.4 Å². The second-order valence-electron chi connectivity index (χ2n) is 7.08. The van der Waals surface area contributed by atoms with Gasteiger partial charge in [-0.1, -0.05) is 0 Å². The van der Waals surface area contributed by atoms with Gasteiger partial charge < -0.3 is 15.1 Å². The van der Waals surface area contributed by atoms with Gasteiger partial charge in [0.25, 0.3) is 0 Å². The predicted molar refractivity (Wildman–Crippen MR) is 107 cm³/mol. The van der Waals surface area contributed by atoms with Crippen molar-refractivity contribution in [2.24, 2.45) is 4.99 Å². The van der Waals surface area contributed by atoms with Crippen LogP contribution in [0.15, 0.2) is 41.4 Å². The van der Waals surface area contributed by atoms with Gasteiger partial charge in [-0.25, -0.2) is 4.39 Å². The highest BCUT2D eigenvalue weighted by atomic mass is 19.1. The van der Waals surface area contributed by atoms with E-state index in [0.29, 0.717) is 11.3 Å². The number of fused-ring (bicyclic) bond motifs is 1. The van der Waals surface area contributed by atoms with Crippen LogP contribution in [-0.4, -0.2) is 49.6 Å². The number of aryl methyl sites for hydroxylation is 1. The zero-order valence-corrected chi connectivity index (χ0v) is 15.6. The van der Waals surface area contributed by atoms with Gasteiger partial charge in [0.15, 0.2) is 0 Å². The fraction of sp³-hybridized carbons (Fsp3) is 0.286. The molecule has 2 aliphatic heterocycles. The van der Waals surface area contributed by atoms with Gasteiger partial charge in [0, 0.05) is 43.8 Å². The molecule has 7 heteroatoms. The lowest BCUT2D eigenvalue weighted by Gasteiger charge is -2.35. The lowest BCUT2D eigenvalue weighted by molar-refractivity contribution is -0.118. The summed E-state index contributed by atoms with van der Waals surface area (Å²) in [5.74, 6) is -1.17. The second-order valence-corrected chi connectivity index (χ2v) is 7.08. The number of benzene rings is 2. The SMILES string of the molecule is Cc1cc(N=CC2C(=O)Nc3ccc(F)cc32)ccc1N1CCN(C=O)CC1. The zero-order valence-electron chi connectivity index (χ0n) is 15.6. The standard InChI is InChI=1S/C21H21FN4O2/c1-14-10-16(3-5-20(14)26-8-6-25(13-27)7-9-26)23-12-18-17-11-15(22)2-4-19(17)24-21(18)28/h2-5,10-13,18H,6-9H2,1H3,(H,24,28). The Labute approximate surface area is 162 Å². The van der Waals surface area contributed by atoms with Crippen molar-refractivity contribution in [3.63, 3.8) is 0 Å². The van der Waals surface area contributed by atoms with Gasteiger partial charge in [-0.2, -0.15) is 0 Å². The first-order valence-corrected chi connectivity index (χ1v) is 9.24. The first-order valence-electron chi connectivity index (χ1n) is 9.24. The number of hydrogen-bond donors (Lipinski definition) is 1. The van der Waals surface area contributed by atoms with Gasteiger partial charge in [0.1, 0.15) is 11.7 Å². The fourth-order valence-electron chi connectivity index (χ4n) is 3.71. The van der Waals surface area contributed by atoms with Gasteiger partial charge in [0.05, 0.1) is 5.69 Å². The van der Waals surface area contributed by atoms with E-state index < -0.39 is 5.92 Å². The molecule has 1 fully saturated rings. The molecule has 28 heavy (non-hydrogen) atoms. The summed E-state index contributed by atoms with van der Waals surface area (Å²) >= 11 is 0. The molecule has 0 radical (unpaired) electrons. The smallest absolute Gasteiger partial charge is 0.237 e. The van der Waals surface area contributed by atoms with Crippen LogP contribution in [0.2, 0.25) is 0 Å². The van der Waals surface area contributed by atoms with Crippen LogP contribution in [0, 0.1) is 12.7 Å². The van der Waals surface area contributed by atoms with Crippen molar-refractivity contribution in [1.29, 1.82) is 0 Å². The highest BCUT2D eigenvalue weighted by Crippen LogP contribution is 2.33. The molecule has 1 N–H and O–H groups in total. The molecule has 2 amide bonds. The molecule has 1 unspecified atom stereocenters. The van der Waals surface area contributed by atoms with Crippen molar-refractivity contribution < 1.29 is 14.0 Å². The maximum atomic E-state index is 13.5. The highest BCUT2D eigenvalue weighted by Gasteiger charge is 2.29. The Kier molecular flexibility index (Phi) is 4.81. The zero-order chi connectivity index (χ0) is 19.7. The number of carbonyl (C=O) groups excluding carboxylic acids is 2. The van der Waals surface area contributed by atoms with Crippen LogP contribution in [0.1, 0.15) is 17.0 Å².